The first-order valence-corrected chi connectivity index (χ1v) is 11.8. The van der Waals surface area contributed by atoms with Crippen LogP contribution in [0.3, 0.4) is 0 Å². The number of carboxylic acid groups (broad SMARTS) is 6. The van der Waals surface area contributed by atoms with Crippen molar-refractivity contribution in [2.75, 3.05) is 0 Å². The van der Waals surface area contributed by atoms with Gasteiger partial charge in [0, 0.05) is 0 Å². The van der Waals surface area contributed by atoms with Crippen molar-refractivity contribution < 1.29 is 88.1 Å². The molecule has 0 heterocycles. The zero-order chi connectivity index (χ0) is 34.6. The summed E-state index contributed by atoms with van der Waals surface area (Å²) in [5.74, 6) is -18.1. The second-order valence-corrected chi connectivity index (χ2v) is 8.65. The van der Waals surface area contributed by atoms with E-state index in [4.69, 9.17) is 10.2 Å². The summed E-state index contributed by atoms with van der Waals surface area (Å²) >= 11 is 0. The Kier molecular flexibility index (Phi) is 9.37. The predicted molar refractivity (Wildman–Crippen MR) is 141 cm³/mol. The van der Waals surface area contributed by atoms with Crippen LogP contribution >= 0.6 is 0 Å². The minimum Gasteiger partial charge on any atom is -0.478 e. The predicted octanol–water partition coefficient (Wildman–Crippen LogP) is 1.87. The summed E-state index contributed by atoms with van der Waals surface area (Å²) in [4.78, 5) is 120. The molecule has 0 amide bonds. The lowest BCUT2D eigenvalue weighted by Crippen LogP contribution is -2.23. The third kappa shape index (κ3) is 6.86. The molecule has 0 atom stereocenters. The Morgan fingerprint density at radius 2 is 0.587 bits per heavy atom. The van der Waals surface area contributed by atoms with Gasteiger partial charge in [0.15, 0.2) is 0 Å². The Labute approximate surface area is 252 Å². The maximum absolute atomic E-state index is 13.0. The van der Waals surface area contributed by atoms with Crippen LogP contribution in [0.2, 0.25) is 0 Å². The van der Waals surface area contributed by atoms with Crippen LogP contribution in [-0.2, 0) is 9.47 Å². The quantitative estimate of drug-likeness (QED) is 0.136. The molecular weight excluding hydrogens is 624 g/mol. The van der Waals surface area contributed by atoms with Crippen molar-refractivity contribution in [1.29, 1.82) is 0 Å². The zero-order valence-electron chi connectivity index (χ0n) is 22.2. The van der Waals surface area contributed by atoms with Crippen molar-refractivity contribution in [2.24, 2.45) is 0 Å². The topological polar surface area (TPSA) is 311 Å². The van der Waals surface area contributed by atoms with E-state index in [9.17, 15) is 68.4 Å². The first-order valence-electron chi connectivity index (χ1n) is 11.8. The largest absolute Gasteiger partial charge is 0.478 e. The molecule has 0 saturated heterocycles. The number of benzene rings is 3. The number of ether oxygens (including phenoxy) is 2. The van der Waals surface area contributed by atoms with E-state index in [1.54, 1.807) is 0 Å². The lowest BCUT2D eigenvalue weighted by Gasteiger charge is -2.13. The molecule has 3 aromatic rings. The lowest BCUT2D eigenvalue weighted by atomic mass is 9.97. The number of carbonyl (C=O) groups excluding carboxylic acids is 4. The van der Waals surface area contributed by atoms with Gasteiger partial charge in [0.25, 0.3) is 0 Å². The Morgan fingerprint density at radius 1 is 0.326 bits per heavy atom. The van der Waals surface area contributed by atoms with Crippen LogP contribution in [0.4, 0.5) is 0 Å². The van der Waals surface area contributed by atoms with Gasteiger partial charge in [-0.3, -0.25) is 0 Å². The Balaban J connectivity index is 2.10. The van der Waals surface area contributed by atoms with Crippen LogP contribution in [0.1, 0.15) is 104 Å². The standard InChI is InChI=1S/C28H14O18/c29-19(30)9-1-3-11(13(5-9)21(33)34)25(41)45-27(43)17-7-15(23(37)38)16(24(39)40)8-18(17)28(44)46-26(42)12-4-2-10(20(31)32)6-14(12)22(35)36/h1-8H,(H,29,30)(H,31,32)(H,33,34)(H,35,36)(H,37,38)(H,39,40). The highest BCUT2D eigenvalue weighted by Crippen LogP contribution is 2.23. The van der Waals surface area contributed by atoms with Crippen LogP contribution in [0, 0.1) is 0 Å². The number of rotatable bonds is 10. The highest BCUT2D eigenvalue weighted by Gasteiger charge is 2.31. The molecule has 0 fully saturated rings. The second-order valence-electron chi connectivity index (χ2n) is 8.65. The molecule has 18 heteroatoms. The molecule has 0 aliphatic carbocycles. The molecule has 0 aromatic heterocycles. The molecular formula is C28H14O18. The Hall–Kier alpha value is -7.24. The van der Waals surface area contributed by atoms with Gasteiger partial charge in [0.05, 0.1) is 55.6 Å². The third-order valence-corrected chi connectivity index (χ3v) is 5.86. The van der Waals surface area contributed by atoms with Crippen molar-refractivity contribution in [3.8, 4) is 0 Å². The fourth-order valence-corrected chi connectivity index (χ4v) is 3.74. The number of carbonyl (C=O) groups is 10. The first-order chi connectivity index (χ1) is 21.4. The van der Waals surface area contributed by atoms with Gasteiger partial charge in [0.2, 0.25) is 0 Å². The average molecular weight is 638 g/mol. The summed E-state index contributed by atoms with van der Waals surface area (Å²) in [7, 11) is 0. The van der Waals surface area contributed by atoms with Crippen LogP contribution in [0.5, 0.6) is 0 Å². The summed E-state index contributed by atoms with van der Waals surface area (Å²) in [5.41, 5.74) is -9.47. The number of carboxylic acids is 6. The van der Waals surface area contributed by atoms with Gasteiger partial charge < -0.3 is 40.1 Å². The van der Waals surface area contributed by atoms with Crippen LogP contribution < -0.4 is 0 Å². The molecule has 3 rings (SSSR count). The fraction of sp³-hybridized carbons (Fsp3) is 0. The van der Waals surface area contributed by atoms with E-state index in [1.165, 1.54) is 0 Å². The van der Waals surface area contributed by atoms with Gasteiger partial charge >= 0.3 is 59.7 Å². The SMILES string of the molecule is O=C(O)c1ccc(C(=O)OC(=O)c2cc(C(=O)O)c(C(=O)O)cc2C(=O)OC(=O)c2ccc(C(=O)O)cc2C(=O)O)c(C(=O)O)c1. The molecule has 0 aliphatic rings. The van der Waals surface area contributed by atoms with Crippen LogP contribution in [0.15, 0.2) is 48.5 Å². The lowest BCUT2D eigenvalue weighted by molar-refractivity contribution is 0.0353. The van der Waals surface area contributed by atoms with Crippen molar-refractivity contribution in [3.63, 3.8) is 0 Å². The molecule has 46 heavy (non-hydrogen) atoms. The molecule has 0 unspecified atom stereocenters. The Bertz CT molecular complexity index is 1790. The minimum absolute atomic E-state index is 0.262. The molecule has 6 N–H and O–H groups in total. The molecule has 0 spiro atoms. The molecule has 0 saturated carbocycles. The maximum Gasteiger partial charge on any atom is 0.346 e. The van der Waals surface area contributed by atoms with Crippen LogP contribution in [0.25, 0.3) is 0 Å². The number of aromatic carboxylic acids is 6. The summed E-state index contributed by atoms with van der Waals surface area (Å²) in [6.45, 7) is 0. The van der Waals surface area contributed by atoms with Gasteiger partial charge in [0.1, 0.15) is 0 Å². The maximum atomic E-state index is 13.0. The summed E-state index contributed by atoms with van der Waals surface area (Å²) < 4.78 is 9.12. The molecule has 3 aromatic carbocycles. The van der Waals surface area contributed by atoms with E-state index in [1.807, 2.05) is 0 Å². The van der Waals surface area contributed by atoms with Crippen molar-refractivity contribution in [3.05, 3.63) is 104 Å². The average Bonchev–Trinajstić information content (AvgIpc) is 2.99. The molecule has 234 valence electrons. The van der Waals surface area contributed by atoms with Gasteiger partial charge in [-0.05, 0) is 48.5 Å². The van der Waals surface area contributed by atoms with Gasteiger partial charge in [-0.25, -0.2) is 47.9 Å². The van der Waals surface area contributed by atoms with E-state index in [2.05, 4.69) is 9.47 Å². The molecule has 0 radical (unpaired) electrons. The smallest absolute Gasteiger partial charge is 0.346 e. The fourth-order valence-electron chi connectivity index (χ4n) is 3.74. The molecule has 0 aliphatic heterocycles. The van der Waals surface area contributed by atoms with E-state index in [0.29, 0.717) is 24.3 Å². The van der Waals surface area contributed by atoms with Gasteiger partial charge in [-0.1, -0.05) is 0 Å². The number of hydrogen-bond acceptors (Lipinski definition) is 12. The van der Waals surface area contributed by atoms with E-state index in [-0.39, 0.29) is 12.1 Å². The van der Waals surface area contributed by atoms with E-state index in [0.717, 1.165) is 12.1 Å². The molecule has 18 nitrogen and oxygen atoms in total. The van der Waals surface area contributed by atoms with Crippen molar-refractivity contribution in [1.82, 2.24) is 0 Å². The number of hydrogen-bond donors (Lipinski definition) is 6. The van der Waals surface area contributed by atoms with E-state index >= 15 is 0 Å². The van der Waals surface area contributed by atoms with Crippen molar-refractivity contribution >= 4 is 59.7 Å². The first kappa shape index (κ1) is 33.3. The second kappa shape index (κ2) is 13.0. The Morgan fingerprint density at radius 3 is 0.848 bits per heavy atom. The van der Waals surface area contributed by atoms with Gasteiger partial charge in [-0.2, -0.15) is 0 Å². The monoisotopic (exact) mass is 638 g/mol. The van der Waals surface area contributed by atoms with E-state index < -0.39 is 115 Å². The third-order valence-electron chi connectivity index (χ3n) is 5.86. The van der Waals surface area contributed by atoms with Crippen LogP contribution in [-0.4, -0.2) is 90.3 Å². The van der Waals surface area contributed by atoms with Crippen molar-refractivity contribution in [2.45, 2.75) is 0 Å². The minimum atomic E-state index is -1.96. The van der Waals surface area contributed by atoms with Gasteiger partial charge in [-0.15, -0.1) is 0 Å². The summed E-state index contributed by atoms with van der Waals surface area (Å²) in [6.07, 6.45) is 0. The zero-order valence-corrected chi connectivity index (χ0v) is 22.2. The highest BCUT2D eigenvalue weighted by atomic mass is 16.6. The highest BCUT2D eigenvalue weighted by molar-refractivity contribution is 6.16. The normalized spacial score (nSPS) is 10.3. The summed E-state index contributed by atoms with van der Waals surface area (Å²) in [6, 6.07) is 4.53. The summed E-state index contributed by atoms with van der Waals surface area (Å²) in [5, 5.41) is 55.8. The molecule has 0 bridgehead atoms. The number of esters is 4.